The SMILES string of the molecule is CNc1nc(N2CCOCC2)c2ccsc2n1. The normalized spacial score (nSPS) is 16.4. The van der Waals surface area contributed by atoms with Gasteiger partial charge in [0.2, 0.25) is 5.95 Å². The van der Waals surface area contributed by atoms with Gasteiger partial charge in [-0.25, -0.2) is 4.98 Å². The number of rotatable bonds is 2. The third kappa shape index (κ3) is 1.94. The molecule has 3 heterocycles. The van der Waals surface area contributed by atoms with E-state index in [9.17, 15) is 0 Å². The Labute approximate surface area is 103 Å². The van der Waals surface area contributed by atoms with E-state index in [0.29, 0.717) is 5.95 Å². The monoisotopic (exact) mass is 250 g/mol. The number of aromatic nitrogens is 2. The van der Waals surface area contributed by atoms with E-state index < -0.39 is 0 Å². The second-order valence-electron chi connectivity index (χ2n) is 3.86. The molecule has 1 aliphatic heterocycles. The first-order chi connectivity index (χ1) is 8.38. The smallest absolute Gasteiger partial charge is 0.225 e. The van der Waals surface area contributed by atoms with Crippen LogP contribution in [0.1, 0.15) is 0 Å². The van der Waals surface area contributed by atoms with Crippen molar-refractivity contribution in [3.8, 4) is 0 Å². The molecule has 2 aromatic heterocycles. The minimum Gasteiger partial charge on any atom is -0.378 e. The summed E-state index contributed by atoms with van der Waals surface area (Å²) in [5.41, 5.74) is 0. The largest absolute Gasteiger partial charge is 0.378 e. The topological polar surface area (TPSA) is 50.3 Å². The molecule has 0 amide bonds. The fourth-order valence-corrected chi connectivity index (χ4v) is 2.73. The van der Waals surface area contributed by atoms with E-state index in [2.05, 4.69) is 31.6 Å². The number of hydrogen-bond acceptors (Lipinski definition) is 6. The number of thiophene rings is 1. The van der Waals surface area contributed by atoms with Crippen LogP contribution in [0.25, 0.3) is 10.2 Å². The first kappa shape index (κ1) is 10.7. The van der Waals surface area contributed by atoms with Crippen molar-refractivity contribution in [1.82, 2.24) is 9.97 Å². The Morgan fingerprint density at radius 1 is 1.35 bits per heavy atom. The van der Waals surface area contributed by atoms with Crippen LogP contribution in [0.4, 0.5) is 11.8 Å². The van der Waals surface area contributed by atoms with Crippen LogP contribution >= 0.6 is 11.3 Å². The second kappa shape index (κ2) is 4.46. The Bertz CT molecular complexity index is 521. The zero-order valence-corrected chi connectivity index (χ0v) is 10.5. The molecule has 1 saturated heterocycles. The van der Waals surface area contributed by atoms with Gasteiger partial charge in [-0.2, -0.15) is 4.98 Å². The van der Waals surface area contributed by atoms with E-state index in [1.54, 1.807) is 11.3 Å². The van der Waals surface area contributed by atoms with E-state index >= 15 is 0 Å². The molecule has 1 aliphatic rings. The third-order valence-corrected chi connectivity index (χ3v) is 3.65. The first-order valence-electron chi connectivity index (χ1n) is 5.64. The molecule has 6 heteroatoms. The van der Waals surface area contributed by atoms with Gasteiger partial charge < -0.3 is 15.0 Å². The molecule has 0 saturated carbocycles. The maximum atomic E-state index is 5.37. The summed E-state index contributed by atoms with van der Waals surface area (Å²) in [7, 11) is 1.85. The van der Waals surface area contributed by atoms with E-state index in [-0.39, 0.29) is 0 Å². The van der Waals surface area contributed by atoms with Crippen molar-refractivity contribution in [3.63, 3.8) is 0 Å². The standard InChI is InChI=1S/C11H14N4OS/c1-12-11-13-9(15-3-5-16-6-4-15)8-2-7-17-10(8)14-11/h2,7H,3-6H2,1H3,(H,12,13,14). The molecule has 5 nitrogen and oxygen atoms in total. The minimum atomic E-state index is 0.682. The Balaban J connectivity index is 2.08. The molecule has 0 aliphatic carbocycles. The molecular formula is C11H14N4OS. The number of morpholine rings is 1. The van der Waals surface area contributed by atoms with E-state index in [4.69, 9.17) is 4.74 Å². The molecule has 2 aromatic rings. The summed E-state index contributed by atoms with van der Waals surface area (Å²) in [6.45, 7) is 3.32. The van der Waals surface area contributed by atoms with Crippen LogP contribution < -0.4 is 10.2 Å². The molecule has 0 atom stereocenters. The summed E-state index contributed by atoms with van der Waals surface area (Å²) >= 11 is 1.65. The number of nitrogens with one attached hydrogen (secondary N) is 1. The van der Waals surface area contributed by atoms with Crippen LogP contribution in [-0.4, -0.2) is 43.3 Å². The van der Waals surface area contributed by atoms with Gasteiger partial charge in [0.05, 0.1) is 18.6 Å². The van der Waals surface area contributed by atoms with Gasteiger partial charge in [0, 0.05) is 20.1 Å². The Kier molecular flexibility index (Phi) is 2.82. The van der Waals surface area contributed by atoms with Gasteiger partial charge in [0.25, 0.3) is 0 Å². The number of anilines is 2. The Morgan fingerprint density at radius 2 is 2.18 bits per heavy atom. The van der Waals surface area contributed by atoms with Gasteiger partial charge in [-0.1, -0.05) is 0 Å². The molecule has 0 spiro atoms. The van der Waals surface area contributed by atoms with Gasteiger partial charge in [0.15, 0.2) is 0 Å². The van der Waals surface area contributed by atoms with Crippen LogP contribution in [0.5, 0.6) is 0 Å². The highest BCUT2D eigenvalue weighted by molar-refractivity contribution is 7.16. The number of nitrogens with zero attached hydrogens (tertiary/aromatic N) is 3. The van der Waals surface area contributed by atoms with Crippen molar-refractivity contribution in [2.75, 3.05) is 43.6 Å². The lowest BCUT2D eigenvalue weighted by molar-refractivity contribution is 0.122. The van der Waals surface area contributed by atoms with Crippen LogP contribution in [0.2, 0.25) is 0 Å². The highest BCUT2D eigenvalue weighted by Crippen LogP contribution is 2.29. The fourth-order valence-electron chi connectivity index (χ4n) is 1.97. The van der Waals surface area contributed by atoms with Crippen molar-refractivity contribution in [2.24, 2.45) is 0 Å². The molecule has 0 radical (unpaired) electrons. The predicted octanol–water partition coefficient (Wildman–Crippen LogP) is 1.57. The van der Waals surface area contributed by atoms with Crippen LogP contribution in [0.3, 0.4) is 0 Å². The Morgan fingerprint density at radius 3 is 2.94 bits per heavy atom. The third-order valence-electron chi connectivity index (χ3n) is 2.84. The minimum absolute atomic E-state index is 0.682. The number of hydrogen-bond donors (Lipinski definition) is 1. The summed E-state index contributed by atoms with van der Waals surface area (Å²) in [6.07, 6.45) is 0. The lowest BCUT2D eigenvalue weighted by Crippen LogP contribution is -2.37. The van der Waals surface area contributed by atoms with E-state index in [1.165, 1.54) is 0 Å². The van der Waals surface area contributed by atoms with Crippen LogP contribution in [0.15, 0.2) is 11.4 Å². The average molecular weight is 250 g/mol. The molecule has 1 N–H and O–H groups in total. The first-order valence-corrected chi connectivity index (χ1v) is 6.52. The van der Waals surface area contributed by atoms with E-state index in [1.807, 2.05) is 7.05 Å². The van der Waals surface area contributed by atoms with Crippen molar-refractivity contribution in [2.45, 2.75) is 0 Å². The summed E-state index contributed by atoms with van der Waals surface area (Å²) in [5.74, 6) is 1.70. The maximum absolute atomic E-state index is 5.37. The summed E-state index contributed by atoms with van der Waals surface area (Å²) in [6, 6.07) is 2.09. The van der Waals surface area contributed by atoms with Gasteiger partial charge >= 0.3 is 0 Å². The molecule has 3 rings (SSSR count). The highest BCUT2D eigenvalue weighted by Gasteiger charge is 2.17. The highest BCUT2D eigenvalue weighted by atomic mass is 32.1. The van der Waals surface area contributed by atoms with E-state index in [0.717, 1.165) is 42.3 Å². The zero-order chi connectivity index (χ0) is 11.7. The van der Waals surface area contributed by atoms with Crippen LogP contribution in [-0.2, 0) is 4.74 Å². The summed E-state index contributed by atoms with van der Waals surface area (Å²) < 4.78 is 5.37. The van der Waals surface area contributed by atoms with Crippen molar-refractivity contribution in [3.05, 3.63) is 11.4 Å². The van der Waals surface area contributed by atoms with Gasteiger partial charge in [-0.15, -0.1) is 11.3 Å². The molecule has 0 unspecified atom stereocenters. The van der Waals surface area contributed by atoms with Crippen molar-refractivity contribution < 1.29 is 4.74 Å². The fraction of sp³-hybridized carbons (Fsp3) is 0.455. The molecular weight excluding hydrogens is 236 g/mol. The van der Waals surface area contributed by atoms with Crippen LogP contribution in [0, 0.1) is 0 Å². The lowest BCUT2D eigenvalue weighted by Gasteiger charge is -2.28. The molecule has 0 aromatic carbocycles. The zero-order valence-electron chi connectivity index (χ0n) is 9.64. The van der Waals surface area contributed by atoms with Gasteiger partial charge in [-0.3, -0.25) is 0 Å². The number of fused-ring (bicyclic) bond motifs is 1. The number of ether oxygens (including phenoxy) is 1. The summed E-state index contributed by atoms with van der Waals surface area (Å²) in [5, 5.41) is 6.21. The lowest BCUT2D eigenvalue weighted by atomic mass is 10.3. The Hall–Kier alpha value is -1.40. The summed E-state index contributed by atoms with van der Waals surface area (Å²) in [4.78, 5) is 12.3. The van der Waals surface area contributed by atoms with Gasteiger partial charge in [-0.05, 0) is 11.4 Å². The quantitative estimate of drug-likeness (QED) is 0.876. The molecule has 90 valence electrons. The second-order valence-corrected chi connectivity index (χ2v) is 4.75. The molecule has 0 bridgehead atoms. The average Bonchev–Trinajstić information content (AvgIpc) is 2.86. The maximum Gasteiger partial charge on any atom is 0.225 e. The van der Waals surface area contributed by atoms with Crippen molar-refractivity contribution >= 4 is 33.3 Å². The predicted molar refractivity (Wildman–Crippen MR) is 70.0 cm³/mol. The van der Waals surface area contributed by atoms with Gasteiger partial charge in [0.1, 0.15) is 10.6 Å². The molecule has 1 fully saturated rings. The van der Waals surface area contributed by atoms with Crippen molar-refractivity contribution in [1.29, 1.82) is 0 Å². The molecule has 17 heavy (non-hydrogen) atoms.